The van der Waals surface area contributed by atoms with Crippen LogP contribution in [0.1, 0.15) is 13.3 Å². The third-order valence-corrected chi connectivity index (χ3v) is 3.89. The highest BCUT2D eigenvalue weighted by molar-refractivity contribution is 7.99. The Hall–Kier alpha value is -0.150. The van der Waals surface area contributed by atoms with E-state index in [4.69, 9.17) is 0 Å². The van der Waals surface area contributed by atoms with E-state index < -0.39 is 0 Å². The number of thiol groups is 1. The van der Waals surface area contributed by atoms with Crippen molar-refractivity contribution < 1.29 is 4.39 Å². The zero-order valence-corrected chi connectivity index (χ0v) is 9.95. The van der Waals surface area contributed by atoms with Gasteiger partial charge in [0.05, 0.1) is 0 Å². The molecule has 0 aromatic heterocycles. The van der Waals surface area contributed by atoms with Gasteiger partial charge in [-0.25, -0.2) is 4.39 Å². The van der Waals surface area contributed by atoms with Crippen LogP contribution >= 0.6 is 24.4 Å². The normalized spacial score (nSPS) is 12.8. The molecule has 0 bridgehead atoms. The molecule has 0 fully saturated rings. The van der Waals surface area contributed by atoms with Gasteiger partial charge in [0.15, 0.2) is 0 Å². The zero-order chi connectivity index (χ0) is 10.4. The Balaban J connectivity index is 2.41. The Labute approximate surface area is 94.7 Å². The Bertz CT molecular complexity index is 254. The molecule has 0 saturated carbocycles. The van der Waals surface area contributed by atoms with Crippen molar-refractivity contribution in [3.05, 3.63) is 30.1 Å². The number of thioether (sulfide) groups is 1. The Kier molecular flexibility index (Phi) is 5.41. The third kappa shape index (κ3) is 3.93. The lowest BCUT2D eigenvalue weighted by Gasteiger charge is -2.10. The molecule has 1 unspecified atom stereocenters. The van der Waals surface area contributed by atoms with E-state index in [1.807, 2.05) is 12.1 Å². The monoisotopic (exact) mass is 230 g/mol. The number of halogens is 1. The lowest BCUT2D eigenvalue weighted by atomic mass is 10.2. The molecule has 0 saturated heterocycles. The molecule has 0 N–H and O–H groups in total. The summed E-state index contributed by atoms with van der Waals surface area (Å²) in [6, 6.07) is 6.66. The van der Waals surface area contributed by atoms with E-state index in [0.29, 0.717) is 5.92 Å². The molecule has 0 nitrogen and oxygen atoms in total. The van der Waals surface area contributed by atoms with E-state index >= 15 is 0 Å². The van der Waals surface area contributed by atoms with Gasteiger partial charge >= 0.3 is 0 Å². The molecule has 0 amide bonds. The first-order chi connectivity index (χ1) is 6.76. The minimum absolute atomic E-state index is 0.171. The quantitative estimate of drug-likeness (QED) is 0.592. The van der Waals surface area contributed by atoms with Gasteiger partial charge in [0.2, 0.25) is 0 Å². The molecule has 1 aromatic carbocycles. The summed E-state index contributed by atoms with van der Waals surface area (Å²) in [5.41, 5.74) is 0. The lowest BCUT2D eigenvalue weighted by molar-refractivity contribution is 0.626. The molecule has 0 radical (unpaired) electrons. The molecule has 0 spiro atoms. The van der Waals surface area contributed by atoms with Gasteiger partial charge < -0.3 is 0 Å². The minimum atomic E-state index is -0.171. The molecule has 1 rings (SSSR count). The first-order valence-electron chi connectivity index (χ1n) is 4.75. The first-order valence-corrected chi connectivity index (χ1v) is 6.37. The summed E-state index contributed by atoms with van der Waals surface area (Å²) in [5.74, 6) is 2.46. The summed E-state index contributed by atoms with van der Waals surface area (Å²) in [7, 11) is 0. The maximum atomic E-state index is 12.6. The smallest absolute Gasteiger partial charge is 0.123 e. The summed E-state index contributed by atoms with van der Waals surface area (Å²) in [6.45, 7) is 2.17. The van der Waals surface area contributed by atoms with Crippen LogP contribution in [0.5, 0.6) is 0 Å². The Morgan fingerprint density at radius 2 is 2.00 bits per heavy atom. The fourth-order valence-corrected chi connectivity index (χ4v) is 2.72. The molecule has 0 heterocycles. The largest absolute Gasteiger partial charge is 0.207 e. The van der Waals surface area contributed by atoms with Crippen molar-refractivity contribution in [1.29, 1.82) is 0 Å². The minimum Gasteiger partial charge on any atom is -0.207 e. The van der Waals surface area contributed by atoms with E-state index in [1.54, 1.807) is 11.8 Å². The van der Waals surface area contributed by atoms with Gasteiger partial charge in [-0.05, 0) is 35.9 Å². The van der Waals surface area contributed by atoms with Crippen molar-refractivity contribution in [2.45, 2.75) is 18.2 Å². The number of hydrogen-bond donors (Lipinski definition) is 1. The molecule has 78 valence electrons. The third-order valence-electron chi connectivity index (χ3n) is 2.13. The SMILES string of the molecule is CCC(CS)CSc1ccc(F)cc1. The second-order valence-electron chi connectivity index (χ2n) is 3.22. The summed E-state index contributed by atoms with van der Waals surface area (Å²) >= 11 is 6.06. The van der Waals surface area contributed by atoms with Crippen LogP contribution in [0, 0.1) is 11.7 Å². The van der Waals surface area contributed by atoms with E-state index in [9.17, 15) is 4.39 Å². The van der Waals surface area contributed by atoms with E-state index in [-0.39, 0.29) is 5.82 Å². The predicted octanol–water partition coefficient (Wildman–Crippen LogP) is 3.87. The topological polar surface area (TPSA) is 0 Å². The predicted molar refractivity (Wildman–Crippen MR) is 64.8 cm³/mol. The second-order valence-corrected chi connectivity index (χ2v) is 4.68. The highest BCUT2D eigenvalue weighted by Gasteiger charge is 2.04. The molecule has 0 aliphatic rings. The summed E-state index contributed by atoms with van der Waals surface area (Å²) < 4.78 is 12.6. The number of rotatable bonds is 5. The van der Waals surface area contributed by atoms with Gasteiger partial charge in [0.1, 0.15) is 5.82 Å². The van der Waals surface area contributed by atoms with Crippen LogP contribution in [0.25, 0.3) is 0 Å². The van der Waals surface area contributed by atoms with Crippen molar-refractivity contribution in [2.75, 3.05) is 11.5 Å². The van der Waals surface area contributed by atoms with Crippen molar-refractivity contribution in [3.63, 3.8) is 0 Å². The second kappa shape index (κ2) is 6.36. The molecule has 3 heteroatoms. The van der Waals surface area contributed by atoms with Crippen LogP contribution in [-0.4, -0.2) is 11.5 Å². The molecular formula is C11H15FS2. The van der Waals surface area contributed by atoms with Gasteiger partial charge in [-0.1, -0.05) is 13.3 Å². The summed E-state index contributed by atoms with van der Waals surface area (Å²) in [5, 5.41) is 0. The van der Waals surface area contributed by atoms with E-state index in [1.165, 1.54) is 12.1 Å². The fourth-order valence-electron chi connectivity index (χ4n) is 1.04. The average molecular weight is 230 g/mol. The van der Waals surface area contributed by atoms with Crippen molar-refractivity contribution >= 4 is 24.4 Å². The summed E-state index contributed by atoms with van der Waals surface area (Å²) in [4.78, 5) is 1.13. The van der Waals surface area contributed by atoms with E-state index in [2.05, 4.69) is 19.6 Å². The summed E-state index contributed by atoms with van der Waals surface area (Å²) in [6.07, 6.45) is 1.15. The standard InChI is InChI=1S/C11H15FS2/c1-2-9(7-13)8-14-11-5-3-10(12)4-6-11/h3-6,9,13H,2,7-8H2,1H3. The Morgan fingerprint density at radius 1 is 1.36 bits per heavy atom. The van der Waals surface area contributed by atoms with Crippen molar-refractivity contribution in [3.8, 4) is 0 Å². The van der Waals surface area contributed by atoms with Crippen LogP contribution in [-0.2, 0) is 0 Å². The van der Waals surface area contributed by atoms with Crippen LogP contribution in [0.3, 0.4) is 0 Å². The maximum Gasteiger partial charge on any atom is 0.123 e. The van der Waals surface area contributed by atoms with Gasteiger partial charge in [0, 0.05) is 10.6 Å². The number of benzene rings is 1. The van der Waals surface area contributed by atoms with Crippen LogP contribution in [0.4, 0.5) is 4.39 Å². The van der Waals surface area contributed by atoms with Gasteiger partial charge in [-0.2, -0.15) is 12.6 Å². The molecule has 1 aromatic rings. The van der Waals surface area contributed by atoms with Crippen LogP contribution in [0.15, 0.2) is 29.2 Å². The maximum absolute atomic E-state index is 12.6. The molecule has 14 heavy (non-hydrogen) atoms. The van der Waals surface area contributed by atoms with Crippen molar-refractivity contribution in [2.24, 2.45) is 5.92 Å². The van der Waals surface area contributed by atoms with E-state index in [0.717, 1.165) is 22.8 Å². The lowest BCUT2D eigenvalue weighted by Crippen LogP contribution is -2.03. The number of hydrogen-bond acceptors (Lipinski definition) is 2. The highest BCUT2D eigenvalue weighted by atomic mass is 32.2. The molecular weight excluding hydrogens is 215 g/mol. The highest BCUT2D eigenvalue weighted by Crippen LogP contribution is 2.22. The van der Waals surface area contributed by atoms with Gasteiger partial charge in [-0.3, -0.25) is 0 Å². The Morgan fingerprint density at radius 3 is 2.50 bits per heavy atom. The molecule has 0 aliphatic carbocycles. The molecule has 0 aliphatic heterocycles. The fraction of sp³-hybridized carbons (Fsp3) is 0.455. The van der Waals surface area contributed by atoms with Crippen molar-refractivity contribution in [1.82, 2.24) is 0 Å². The molecule has 1 atom stereocenters. The average Bonchev–Trinajstić information content (AvgIpc) is 2.22. The van der Waals surface area contributed by atoms with Crippen LogP contribution in [0.2, 0.25) is 0 Å². The zero-order valence-electron chi connectivity index (χ0n) is 8.24. The van der Waals surface area contributed by atoms with Gasteiger partial charge in [0.25, 0.3) is 0 Å². The van der Waals surface area contributed by atoms with Gasteiger partial charge in [-0.15, -0.1) is 11.8 Å². The first kappa shape index (κ1) is 11.9. The van der Waals surface area contributed by atoms with Crippen LogP contribution < -0.4 is 0 Å².